The summed E-state index contributed by atoms with van der Waals surface area (Å²) in [4.78, 5) is 19.2. The van der Waals surface area contributed by atoms with E-state index in [9.17, 15) is 4.79 Å². The smallest absolute Gasteiger partial charge is 0.253 e. The van der Waals surface area contributed by atoms with Crippen molar-refractivity contribution in [3.05, 3.63) is 110 Å². The van der Waals surface area contributed by atoms with Crippen LogP contribution in [-0.2, 0) is 13.1 Å². The number of rotatable bonds is 8. The number of aryl methyl sites for hydroxylation is 2. The lowest BCUT2D eigenvalue weighted by Crippen LogP contribution is -2.35. The van der Waals surface area contributed by atoms with Crippen molar-refractivity contribution in [2.75, 3.05) is 0 Å². The van der Waals surface area contributed by atoms with E-state index >= 15 is 0 Å². The molecule has 1 fully saturated rings. The predicted molar refractivity (Wildman–Crippen MR) is 151 cm³/mol. The van der Waals surface area contributed by atoms with Crippen LogP contribution in [-0.4, -0.2) is 30.1 Å². The van der Waals surface area contributed by atoms with E-state index in [1.165, 1.54) is 0 Å². The Morgan fingerprint density at radius 1 is 1.08 bits per heavy atom. The van der Waals surface area contributed by atoms with Gasteiger partial charge in [-0.25, -0.2) is 4.68 Å². The predicted octanol–water partition coefficient (Wildman–Crippen LogP) is 6.28. The second-order valence-corrected chi connectivity index (χ2v) is 10.8. The number of aromatic amines is 1. The van der Waals surface area contributed by atoms with Gasteiger partial charge >= 0.3 is 0 Å². The molecule has 9 heteroatoms. The van der Waals surface area contributed by atoms with Crippen LogP contribution in [0.2, 0.25) is 5.02 Å². The molecule has 1 atom stereocenters. The summed E-state index contributed by atoms with van der Waals surface area (Å²) in [5.74, 6) is 1.42. The van der Waals surface area contributed by atoms with Crippen molar-refractivity contribution in [1.82, 2.24) is 30.1 Å². The Balaban J connectivity index is 1.57. The molecule has 3 aromatic heterocycles. The number of nitrogens with one attached hydrogen (secondary N) is 1. The number of H-pyrrole nitrogens is 1. The first-order chi connectivity index (χ1) is 19.0. The van der Waals surface area contributed by atoms with Crippen LogP contribution >= 0.6 is 11.6 Å². The Bertz CT molecular complexity index is 1650. The second kappa shape index (κ2) is 10.8. The van der Waals surface area contributed by atoms with Gasteiger partial charge in [0.25, 0.3) is 5.56 Å². The van der Waals surface area contributed by atoms with E-state index in [1.54, 1.807) is 6.26 Å². The molecule has 0 radical (unpaired) electrons. The second-order valence-electron chi connectivity index (χ2n) is 10.4. The summed E-state index contributed by atoms with van der Waals surface area (Å²) in [6.07, 6.45) is 5.97. The van der Waals surface area contributed by atoms with Crippen LogP contribution < -0.4 is 5.56 Å². The van der Waals surface area contributed by atoms with Crippen LogP contribution in [0.5, 0.6) is 0 Å². The van der Waals surface area contributed by atoms with Gasteiger partial charge in [0, 0.05) is 22.5 Å². The Hall–Kier alpha value is -3.75. The molecule has 0 bridgehead atoms. The highest BCUT2D eigenvalue weighted by Crippen LogP contribution is 2.36. The molecule has 1 aliphatic carbocycles. The average molecular weight is 543 g/mol. The van der Waals surface area contributed by atoms with Crippen LogP contribution in [0.4, 0.5) is 0 Å². The lowest BCUT2D eigenvalue weighted by Gasteiger charge is -2.31. The Kier molecular flexibility index (Phi) is 7.06. The average Bonchev–Trinajstić information content (AvgIpc) is 3.71. The van der Waals surface area contributed by atoms with Gasteiger partial charge in [0.05, 0.1) is 24.4 Å². The zero-order valence-electron chi connectivity index (χ0n) is 22.1. The number of fused-ring (bicyclic) bond motifs is 1. The minimum atomic E-state index is -0.546. The molecule has 0 aliphatic heterocycles. The minimum absolute atomic E-state index is 0.161. The molecule has 0 amide bonds. The summed E-state index contributed by atoms with van der Waals surface area (Å²) < 4.78 is 7.72. The van der Waals surface area contributed by atoms with Crippen molar-refractivity contribution < 1.29 is 4.42 Å². The molecule has 1 N–H and O–H groups in total. The highest BCUT2D eigenvalue weighted by atomic mass is 35.5. The number of furan rings is 1. The molecule has 2 aromatic carbocycles. The zero-order valence-corrected chi connectivity index (χ0v) is 22.9. The minimum Gasteiger partial charge on any atom is -0.468 e. The summed E-state index contributed by atoms with van der Waals surface area (Å²) in [7, 11) is 0. The van der Waals surface area contributed by atoms with Gasteiger partial charge < -0.3 is 9.40 Å². The fourth-order valence-corrected chi connectivity index (χ4v) is 5.97. The Morgan fingerprint density at radius 3 is 2.64 bits per heavy atom. The zero-order chi connectivity index (χ0) is 26.9. The van der Waals surface area contributed by atoms with Gasteiger partial charge in [-0.15, -0.1) is 5.10 Å². The fraction of sp³-hybridized carbons (Fsp3) is 0.333. The highest BCUT2D eigenvalue weighted by molar-refractivity contribution is 6.31. The van der Waals surface area contributed by atoms with Crippen LogP contribution in [0.3, 0.4) is 0 Å². The largest absolute Gasteiger partial charge is 0.468 e. The maximum Gasteiger partial charge on any atom is 0.253 e. The number of halogens is 1. The number of pyridine rings is 1. The first-order valence-electron chi connectivity index (χ1n) is 13.4. The van der Waals surface area contributed by atoms with Crippen LogP contribution in [0.1, 0.15) is 71.6 Å². The quantitative estimate of drug-likeness (QED) is 0.248. The lowest BCUT2D eigenvalue weighted by atomic mass is 9.98. The number of tetrazole rings is 1. The van der Waals surface area contributed by atoms with Crippen molar-refractivity contribution in [2.24, 2.45) is 0 Å². The lowest BCUT2D eigenvalue weighted by molar-refractivity contribution is 0.176. The van der Waals surface area contributed by atoms with Crippen molar-refractivity contribution in [3.8, 4) is 0 Å². The number of aromatic nitrogens is 5. The van der Waals surface area contributed by atoms with E-state index in [4.69, 9.17) is 16.0 Å². The summed E-state index contributed by atoms with van der Waals surface area (Å²) in [6, 6.07) is 17.4. The SMILES string of the molecule is Cc1ccc(C)c2[nH]c(=O)c([C@H](c3nnnn3C3CCCC3)N(Cc3ccco3)Cc3ccccc3Cl)cc12. The molecular weight excluding hydrogens is 512 g/mol. The standard InChI is InChI=1S/C30H31ClN6O2/c1-19-13-14-20(2)27-24(19)16-25(30(38)32-27)28(29-33-34-35-37(29)22-9-4-5-10-22)36(18-23-11-7-15-39-23)17-21-8-3-6-12-26(21)31/h3,6-8,11-16,22,28H,4-5,9-10,17-18H2,1-2H3,(H,32,38)/t28-/m1/s1. The van der Waals surface area contributed by atoms with Gasteiger partial charge in [0.1, 0.15) is 11.8 Å². The van der Waals surface area contributed by atoms with E-state index in [-0.39, 0.29) is 11.6 Å². The molecule has 1 saturated carbocycles. The first-order valence-corrected chi connectivity index (χ1v) is 13.8. The summed E-state index contributed by atoms with van der Waals surface area (Å²) in [6.45, 7) is 4.97. The maximum absolute atomic E-state index is 13.9. The van der Waals surface area contributed by atoms with Crippen molar-refractivity contribution in [3.63, 3.8) is 0 Å². The van der Waals surface area contributed by atoms with Gasteiger partial charge in [-0.1, -0.05) is 54.8 Å². The third kappa shape index (κ3) is 5.02. The number of benzene rings is 2. The van der Waals surface area contributed by atoms with E-state index < -0.39 is 6.04 Å². The number of hydrogen-bond donors (Lipinski definition) is 1. The number of nitrogens with zero attached hydrogens (tertiary/aromatic N) is 5. The molecule has 0 unspecified atom stereocenters. The van der Waals surface area contributed by atoms with Crippen LogP contribution in [0.25, 0.3) is 10.9 Å². The number of hydrogen-bond acceptors (Lipinski definition) is 6. The third-order valence-corrected chi connectivity index (χ3v) is 8.20. The normalized spacial score (nSPS) is 15.0. The van der Waals surface area contributed by atoms with E-state index in [1.807, 2.05) is 60.1 Å². The molecule has 5 aromatic rings. The molecule has 0 spiro atoms. The van der Waals surface area contributed by atoms with Gasteiger partial charge in [0.15, 0.2) is 5.82 Å². The third-order valence-electron chi connectivity index (χ3n) is 7.84. The Labute approximate surface area is 231 Å². The van der Waals surface area contributed by atoms with E-state index in [0.717, 1.165) is 59.0 Å². The summed E-state index contributed by atoms with van der Waals surface area (Å²) in [5, 5.41) is 14.8. The molecule has 8 nitrogen and oxygen atoms in total. The summed E-state index contributed by atoms with van der Waals surface area (Å²) >= 11 is 6.64. The van der Waals surface area contributed by atoms with Crippen LogP contribution in [0.15, 0.2) is 70.1 Å². The molecule has 1 aliphatic rings. The van der Waals surface area contributed by atoms with Gasteiger partial charge in [-0.05, 0) is 78.1 Å². The topological polar surface area (TPSA) is 92.8 Å². The molecule has 39 heavy (non-hydrogen) atoms. The van der Waals surface area contributed by atoms with Crippen molar-refractivity contribution >= 4 is 22.5 Å². The molecule has 200 valence electrons. The van der Waals surface area contributed by atoms with Gasteiger partial charge in [-0.2, -0.15) is 0 Å². The molecular formula is C30H31ClN6O2. The van der Waals surface area contributed by atoms with Crippen LogP contribution in [0, 0.1) is 13.8 Å². The van der Waals surface area contributed by atoms with E-state index in [2.05, 4.69) is 38.4 Å². The maximum atomic E-state index is 13.9. The molecule has 6 rings (SSSR count). The monoisotopic (exact) mass is 542 g/mol. The molecule has 0 saturated heterocycles. The van der Waals surface area contributed by atoms with Gasteiger partial charge in [0.2, 0.25) is 0 Å². The van der Waals surface area contributed by atoms with Crippen molar-refractivity contribution in [2.45, 2.75) is 64.7 Å². The van der Waals surface area contributed by atoms with E-state index in [0.29, 0.717) is 29.5 Å². The van der Waals surface area contributed by atoms with Crippen molar-refractivity contribution in [1.29, 1.82) is 0 Å². The molecule has 3 heterocycles. The fourth-order valence-electron chi connectivity index (χ4n) is 5.77. The Morgan fingerprint density at radius 2 is 1.87 bits per heavy atom. The van der Waals surface area contributed by atoms with Gasteiger partial charge in [-0.3, -0.25) is 9.69 Å². The highest BCUT2D eigenvalue weighted by Gasteiger charge is 2.34. The summed E-state index contributed by atoms with van der Waals surface area (Å²) in [5.41, 5.74) is 4.33. The first kappa shape index (κ1) is 25.5.